The lowest BCUT2D eigenvalue weighted by molar-refractivity contribution is 0.0336. The molecule has 0 aliphatic carbocycles. The Labute approximate surface area is 203 Å². The summed E-state index contributed by atoms with van der Waals surface area (Å²) in [6.07, 6.45) is 3.13. The number of rotatable bonds is 6. The normalized spacial score (nSPS) is 14.2. The molecule has 4 aromatic rings. The highest BCUT2D eigenvalue weighted by molar-refractivity contribution is 5.97. The van der Waals surface area contributed by atoms with E-state index in [9.17, 15) is 4.79 Å². The third kappa shape index (κ3) is 5.31. The summed E-state index contributed by atoms with van der Waals surface area (Å²) in [4.78, 5) is 31.4. The van der Waals surface area contributed by atoms with Crippen LogP contribution < -0.4 is 5.32 Å². The van der Waals surface area contributed by atoms with Crippen LogP contribution in [0.4, 0.5) is 10.7 Å². The Hall–Kier alpha value is -3.82. The summed E-state index contributed by atoms with van der Waals surface area (Å²) in [6, 6.07) is 12.2. The predicted octanol–water partition coefficient (Wildman–Crippen LogP) is 4.40. The van der Waals surface area contributed by atoms with Gasteiger partial charge in [-0.25, -0.2) is 9.78 Å². The Morgan fingerprint density at radius 2 is 2.00 bits per heavy atom. The maximum atomic E-state index is 11.9. The first-order chi connectivity index (χ1) is 17.1. The second-order valence-corrected chi connectivity index (χ2v) is 8.50. The largest absolute Gasteiger partial charge is 0.450 e. The number of hydrogen-bond acceptors (Lipinski definition) is 7. The van der Waals surface area contributed by atoms with E-state index in [0.717, 1.165) is 77.5 Å². The van der Waals surface area contributed by atoms with E-state index >= 15 is 0 Å². The molecule has 1 saturated heterocycles. The summed E-state index contributed by atoms with van der Waals surface area (Å²) < 4.78 is 10.4. The Balaban J connectivity index is 1.50. The summed E-state index contributed by atoms with van der Waals surface area (Å²) in [7, 11) is 0. The molecule has 1 amide bonds. The number of morpholine rings is 1. The molecular formula is C26H28N6O3. The smallest absolute Gasteiger partial charge is 0.413 e. The van der Waals surface area contributed by atoms with Crippen LogP contribution in [0.3, 0.4) is 0 Å². The predicted molar refractivity (Wildman–Crippen MR) is 134 cm³/mol. The van der Waals surface area contributed by atoms with Gasteiger partial charge in [-0.1, -0.05) is 6.07 Å². The number of carbonyl (C=O) groups is 1. The zero-order valence-corrected chi connectivity index (χ0v) is 19.9. The van der Waals surface area contributed by atoms with Gasteiger partial charge in [0.1, 0.15) is 0 Å². The fourth-order valence-corrected chi connectivity index (χ4v) is 4.16. The van der Waals surface area contributed by atoms with Gasteiger partial charge in [0.15, 0.2) is 0 Å². The van der Waals surface area contributed by atoms with Crippen molar-refractivity contribution in [1.29, 1.82) is 0 Å². The first-order valence-electron chi connectivity index (χ1n) is 11.7. The van der Waals surface area contributed by atoms with Crippen molar-refractivity contribution >= 4 is 23.1 Å². The lowest BCUT2D eigenvalue weighted by atomic mass is 10.00. The third-order valence-electron chi connectivity index (χ3n) is 5.92. The lowest BCUT2D eigenvalue weighted by Gasteiger charge is -2.26. The number of fused-ring (bicyclic) bond motifs is 1. The SMILES string of the molecule is CCOC(=O)Nc1nc2c(-c3cc(C)ccn3)cc(-c3ccc(CN4CCOCC4)nc3)cc2[nH]1. The van der Waals surface area contributed by atoms with Gasteiger partial charge in [0.05, 0.1) is 42.2 Å². The van der Waals surface area contributed by atoms with Gasteiger partial charge in [-0.05, 0) is 55.3 Å². The molecule has 3 aromatic heterocycles. The fraction of sp³-hybridized carbons (Fsp3) is 0.308. The van der Waals surface area contributed by atoms with Crippen molar-refractivity contribution in [2.75, 3.05) is 38.2 Å². The molecule has 180 valence electrons. The number of aromatic amines is 1. The van der Waals surface area contributed by atoms with Crippen LogP contribution in [0.5, 0.6) is 0 Å². The first kappa shape index (κ1) is 22.9. The third-order valence-corrected chi connectivity index (χ3v) is 5.92. The first-order valence-corrected chi connectivity index (χ1v) is 11.7. The minimum atomic E-state index is -0.554. The number of anilines is 1. The Morgan fingerprint density at radius 3 is 2.74 bits per heavy atom. The van der Waals surface area contributed by atoms with Crippen LogP contribution in [0, 0.1) is 6.92 Å². The molecule has 5 rings (SSSR count). The van der Waals surface area contributed by atoms with Crippen LogP contribution in [0.15, 0.2) is 48.8 Å². The van der Waals surface area contributed by atoms with Gasteiger partial charge < -0.3 is 14.5 Å². The number of benzene rings is 1. The highest BCUT2D eigenvalue weighted by atomic mass is 16.5. The number of H-pyrrole nitrogens is 1. The number of nitrogens with one attached hydrogen (secondary N) is 2. The molecule has 1 aromatic carbocycles. The molecule has 2 N–H and O–H groups in total. The molecular weight excluding hydrogens is 444 g/mol. The number of carbonyl (C=O) groups excluding carboxylic acids is 1. The number of pyridine rings is 2. The minimum Gasteiger partial charge on any atom is -0.450 e. The van der Waals surface area contributed by atoms with E-state index in [2.05, 4.69) is 43.4 Å². The maximum absolute atomic E-state index is 11.9. The standard InChI is InChI=1S/C26H28N6O3/c1-3-35-26(33)31-25-29-23-14-19(13-21(24(23)30-25)22-12-17(2)6-7-27-22)18-4-5-20(28-15-18)16-32-8-10-34-11-9-32/h4-7,12-15H,3,8-11,16H2,1-2H3,(H2,29,30,31,33). The number of hydrogen-bond donors (Lipinski definition) is 2. The van der Waals surface area contributed by atoms with Crippen molar-refractivity contribution < 1.29 is 14.3 Å². The van der Waals surface area contributed by atoms with E-state index in [1.54, 1.807) is 13.1 Å². The van der Waals surface area contributed by atoms with Crippen LogP contribution in [0.25, 0.3) is 33.4 Å². The Morgan fingerprint density at radius 1 is 1.14 bits per heavy atom. The fourth-order valence-electron chi connectivity index (χ4n) is 4.16. The molecule has 9 nitrogen and oxygen atoms in total. The quantitative estimate of drug-likeness (QED) is 0.429. The number of imidazole rings is 1. The van der Waals surface area contributed by atoms with Crippen LogP contribution >= 0.6 is 0 Å². The van der Waals surface area contributed by atoms with Crippen LogP contribution in [0.1, 0.15) is 18.2 Å². The molecule has 35 heavy (non-hydrogen) atoms. The van der Waals surface area contributed by atoms with Gasteiger partial charge in [0.2, 0.25) is 5.95 Å². The molecule has 0 saturated carbocycles. The van der Waals surface area contributed by atoms with Crippen molar-refractivity contribution in [3.63, 3.8) is 0 Å². The van der Waals surface area contributed by atoms with Gasteiger partial charge in [-0.2, -0.15) is 0 Å². The Bertz CT molecular complexity index is 1330. The molecule has 0 atom stereocenters. The van der Waals surface area contributed by atoms with Gasteiger partial charge in [-0.3, -0.25) is 20.2 Å². The van der Waals surface area contributed by atoms with Crippen LogP contribution in [-0.2, 0) is 16.0 Å². The zero-order valence-electron chi connectivity index (χ0n) is 19.9. The highest BCUT2D eigenvalue weighted by Crippen LogP contribution is 2.33. The van der Waals surface area contributed by atoms with Gasteiger partial charge >= 0.3 is 6.09 Å². The van der Waals surface area contributed by atoms with Gasteiger partial charge in [-0.15, -0.1) is 0 Å². The van der Waals surface area contributed by atoms with E-state index in [-0.39, 0.29) is 6.61 Å². The average Bonchev–Trinajstić information content (AvgIpc) is 3.27. The number of aryl methyl sites for hydroxylation is 1. The van der Waals surface area contributed by atoms with Crippen molar-refractivity contribution in [3.05, 3.63) is 60.0 Å². The van der Waals surface area contributed by atoms with Crippen LogP contribution in [-0.4, -0.2) is 63.8 Å². The molecule has 0 unspecified atom stereocenters. The van der Waals surface area contributed by atoms with Gasteiger partial charge in [0.25, 0.3) is 0 Å². The molecule has 4 heterocycles. The molecule has 0 bridgehead atoms. The van der Waals surface area contributed by atoms with Crippen molar-refractivity contribution in [2.45, 2.75) is 20.4 Å². The van der Waals surface area contributed by atoms with E-state index in [4.69, 9.17) is 14.5 Å². The number of aromatic nitrogens is 4. The summed E-state index contributed by atoms with van der Waals surface area (Å²) in [6.45, 7) is 8.27. The highest BCUT2D eigenvalue weighted by Gasteiger charge is 2.16. The van der Waals surface area contributed by atoms with Crippen molar-refractivity contribution in [2.24, 2.45) is 0 Å². The maximum Gasteiger partial charge on any atom is 0.413 e. The topological polar surface area (TPSA) is 105 Å². The second-order valence-electron chi connectivity index (χ2n) is 8.50. The molecule has 1 aliphatic heterocycles. The summed E-state index contributed by atoms with van der Waals surface area (Å²) in [5.74, 6) is 0.323. The summed E-state index contributed by atoms with van der Waals surface area (Å²) in [5.41, 5.74) is 7.27. The summed E-state index contributed by atoms with van der Waals surface area (Å²) in [5, 5.41) is 2.65. The molecule has 0 spiro atoms. The monoisotopic (exact) mass is 472 g/mol. The average molecular weight is 473 g/mol. The molecule has 0 radical (unpaired) electrons. The number of ether oxygens (including phenoxy) is 2. The second kappa shape index (κ2) is 10.2. The number of amides is 1. The van der Waals surface area contributed by atoms with Crippen molar-refractivity contribution in [3.8, 4) is 22.4 Å². The van der Waals surface area contributed by atoms with Crippen LogP contribution in [0.2, 0.25) is 0 Å². The lowest BCUT2D eigenvalue weighted by Crippen LogP contribution is -2.35. The van der Waals surface area contributed by atoms with E-state index in [1.165, 1.54) is 0 Å². The van der Waals surface area contributed by atoms with Crippen molar-refractivity contribution in [1.82, 2.24) is 24.8 Å². The summed E-state index contributed by atoms with van der Waals surface area (Å²) >= 11 is 0. The van der Waals surface area contributed by atoms with E-state index < -0.39 is 6.09 Å². The molecule has 1 aliphatic rings. The molecule has 1 fully saturated rings. The van der Waals surface area contributed by atoms with Gasteiger partial charge in [0, 0.05) is 43.2 Å². The Kier molecular flexibility index (Phi) is 6.69. The number of nitrogens with zero attached hydrogens (tertiary/aromatic N) is 4. The van der Waals surface area contributed by atoms with E-state index in [1.807, 2.05) is 31.3 Å². The zero-order chi connectivity index (χ0) is 24.2. The molecule has 9 heteroatoms. The van der Waals surface area contributed by atoms with E-state index in [0.29, 0.717) is 5.95 Å². The minimum absolute atomic E-state index is 0.281.